The molecule has 0 saturated heterocycles. The summed E-state index contributed by atoms with van der Waals surface area (Å²) in [5.74, 6) is -0.681. The van der Waals surface area contributed by atoms with Gasteiger partial charge in [-0.05, 0) is 24.6 Å². The summed E-state index contributed by atoms with van der Waals surface area (Å²) < 4.78 is 4.88. The van der Waals surface area contributed by atoms with Crippen LogP contribution in [0.25, 0.3) is 12.2 Å². The number of carbonyl (C=O) groups is 1. The van der Waals surface area contributed by atoms with Crippen molar-refractivity contribution in [1.82, 2.24) is 4.98 Å². The molecule has 0 atom stereocenters. The zero-order chi connectivity index (χ0) is 15.9. The standard InChI is InChI=1S/C17H14N2O3/c1-2-22-17(21)14-10-13(19-16(20)15(14)11-18)9-8-12-6-4-3-5-7-12/h3-10H,2H2,1H3,(H,19,20). The monoisotopic (exact) mass is 294 g/mol. The molecule has 5 nitrogen and oxygen atoms in total. The summed E-state index contributed by atoms with van der Waals surface area (Å²) >= 11 is 0. The van der Waals surface area contributed by atoms with Crippen molar-refractivity contribution in [3.8, 4) is 6.07 Å². The second kappa shape index (κ2) is 7.04. The molecule has 0 fully saturated rings. The maximum atomic E-state index is 11.9. The van der Waals surface area contributed by atoms with E-state index in [1.54, 1.807) is 25.1 Å². The van der Waals surface area contributed by atoms with Crippen LogP contribution in [0.3, 0.4) is 0 Å². The molecule has 0 radical (unpaired) electrons. The Balaban J connectivity index is 2.42. The quantitative estimate of drug-likeness (QED) is 0.878. The Hall–Kier alpha value is -3.13. The second-order valence-electron chi connectivity index (χ2n) is 4.42. The molecule has 0 saturated carbocycles. The SMILES string of the molecule is CCOC(=O)c1cc(C=Cc2ccccc2)[nH]c(=O)c1C#N. The lowest BCUT2D eigenvalue weighted by Gasteiger charge is -2.04. The van der Waals surface area contributed by atoms with Gasteiger partial charge < -0.3 is 9.72 Å². The lowest BCUT2D eigenvalue weighted by atomic mass is 10.1. The molecule has 110 valence electrons. The molecule has 5 heteroatoms. The number of nitriles is 1. The van der Waals surface area contributed by atoms with E-state index in [9.17, 15) is 9.59 Å². The molecular weight excluding hydrogens is 280 g/mol. The van der Waals surface area contributed by atoms with Crippen molar-refractivity contribution in [2.75, 3.05) is 6.61 Å². The van der Waals surface area contributed by atoms with Crippen LogP contribution in [0.15, 0.2) is 41.2 Å². The molecule has 22 heavy (non-hydrogen) atoms. The molecule has 1 aromatic heterocycles. The largest absolute Gasteiger partial charge is 0.462 e. The van der Waals surface area contributed by atoms with Crippen LogP contribution in [0.5, 0.6) is 0 Å². The van der Waals surface area contributed by atoms with Crippen molar-refractivity contribution in [3.63, 3.8) is 0 Å². The minimum atomic E-state index is -0.681. The van der Waals surface area contributed by atoms with Gasteiger partial charge in [0.25, 0.3) is 5.56 Å². The molecule has 1 heterocycles. The first-order valence-electron chi connectivity index (χ1n) is 6.73. The highest BCUT2D eigenvalue weighted by atomic mass is 16.5. The van der Waals surface area contributed by atoms with E-state index in [1.165, 1.54) is 6.07 Å². The average molecular weight is 294 g/mol. The molecule has 2 rings (SSSR count). The van der Waals surface area contributed by atoms with Crippen LogP contribution >= 0.6 is 0 Å². The van der Waals surface area contributed by atoms with E-state index >= 15 is 0 Å². The molecule has 2 aromatic rings. The predicted octanol–water partition coefficient (Wildman–Crippen LogP) is 2.59. The first-order valence-corrected chi connectivity index (χ1v) is 6.73. The molecule has 0 aliphatic rings. The van der Waals surface area contributed by atoms with Crippen LogP contribution in [-0.2, 0) is 4.74 Å². The molecule has 0 unspecified atom stereocenters. The molecule has 0 spiro atoms. The number of esters is 1. The van der Waals surface area contributed by atoms with Gasteiger partial charge in [-0.1, -0.05) is 36.4 Å². The predicted molar refractivity (Wildman–Crippen MR) is 83.1 cm³/mol. The van der Waals surface area contributed by atoms with Crippen molar-refractivity contribution in [1.29, 1.82) is 5.26 Å². The smallest absolute Gasteiger partial charge is 0.339 e. The Morgan fingerprint density at radius 1 is 1.32 bits per heavy atom. The maximum Gasteiger partial charge on any atom is 0.339 e. The minimum absolute atomic E-state index is 0.0270. The first kappa shape index (κ1) is 15.3. The van der Waals surface area contributed by atoms with Crippen molar-refractivity contribution in [3.05, 3.63) is 69.1 Å². The molecule has 0 bridgehead atoms. The summed E-state index contributed by atoms with van der Waals surface area (Å²) in [5.41, 5.74) is 0.498. The van der Waals surface area contributed by atoms with Crippen LogP contribution in [0.2, 0.25) is 0 Å². The Kier molecular flexibility index (Phi) is 4.89. The van der Waals surface area contributed by atoms with Gasteiger partial charge in [-0.3, -0.25) is 4.79 Å². The van der Waals surface area contributed by atoms with Gasteiger partial charge in [0, 0.05) is 5.69 Å². The first-order chi connectivity index (χ1) is 10.7. The fraction of sp³-hybridized carbons (Fsp3) is 0.118. The van der Waals surface area contributed by atoms with E-state index in [1.807, 2.05) is 30.3 Å². The van der Waals surface area contributed by atoms with Crippen molar-refractivity contribution < 1.29 is 9.53 Å². The van der Waals surface area contributed by atoms with Gasteiger partial charge in [0.15, 0.2) is 0 Å². The zero-order valence-electron chi connectivity index (χ0n) is 12.0. The molecular formula is C17H14N2O3. The molecule has 0 aliphatic carbocycles. The van der Waals surface area contributed by atoms with E-state index in [2.05, 4.69) is 4.98 Å². The topological polar surface area (TPSA) is 83.0 Å². The summed E-state index contributed by atoms with van der Waals surface area (Å²) in [6.45, 7) is 1.83. The summed E-state index contributed by atoms with van der Waals surface area (Å²) in [7, 11) is 0. The minimum Gasteiger partial charge on any atom is -0.462 e. The van der Waals surface area contributed by atoms with E-state index in [0.29, 0.717) is 5.69 Å². The van der Waals surface area contributed by atoms with E-state index < -0.39 is 11.5 Å². The number of pyridine rings is 1. The van der Waals surface area contributed by atoms with Crippen LogP contribution < -0.4 is 5.56 Å². The van der Waals surface area contributed by atoms with Crippen molar-refractivity contribution in [2.45, 2.75) is 6.92 Å². The van der Waals surface area contributed by atoms with Crippen LogP contribution in [0.1, 0.15) is 34.1 Å². The third-order valence-corrected chi connectivity index (χ3v) is 2.92. The molecule has 0 amide bonds. The molecule has 1 N–H and O–H groups in total. The van der Waals surface area contributed by atoms with Crippen molar-refractivity contribution in [2.24, 2.45) is 0 Å². The number of nitrogens with zero attached hydrogens (tertiary/aromatic N) is 1. The summed E-state index contributed by atoms with van der Waals surface area (Å²) in [6, 6.07) is 12.7. The highest BCUT2D eigenvalue weighted by Crippen LogP contribution is 2.10. The Morgan fingerprint density at radius 2 is 2.05 bits per heavy atom. The van der Waals surface area contributed by atoms with Crippen LogP contribution in [0.4, 0.5) is 0 Å². The Morgan fingerprint density at radius 3 is 2.68 bits per heavy atom. The van der Waals surface area contributed by atoms with Crippen LogP contribution in [-0.4, -0.2) is 17.6 Å². The van der Waals surface area contributed by atoms with E-state index in [4.69, 9.17) is 10.00 Å². The molecule has 1 aromatic carbocycles. The number of hydrogen-bond acceptors (Lipinski definition) is 4. The fourth-order valence-corrected chi connectivity index (χ4v) is 1.90. The third kappa shape index (κ3) is 3.49. The number of ether oxygens (including phenoxy) is 1. The van der Waals surface area contributed by atoms with E-state index in [0.717, 1.165) is 5.56 Å². The van der Waals surface area contributed by atoms with Crippen LogP contribution in [0, 0.1) is 11.3 Å². The van der Waals surface area contributed by atoms with E-state index in [-0.39, 0.29) is 17.7 Å². The maximum absolute atomic E-state index is 11.9. The number of aromatic nitrogens is 1. The molecule has 0 aliphatic heterocycles. The fourth-order valence-electron chi connectivity index (χ4n) is 1.90. The number of H-pyrrole nitrogens is 1. The summed E-state index contributed by atoms with van der Waals surface area (Å²) in [5, 5.41) is 9.02. The summed E-state index contributed by atoms with van der Waals surface area (Å²) in [4.78, 5) is 26.3. The van der Waals surface area contributed by atoms with Gasteiger partial charge in [-0.25, -0.2) is 4.79 Å². The number of aromatic amines is 1. The number of carbonyl (C=O) groups excluding carboxylic acids is 1. The number of hydrogen-bond donors (Lipinski definition) is 1. The average Bonchev–Trinajstić information content (AvgIpc) is 2.53. The lowest BCUT2D eigenvalue weighted by molar-refractivity contribution is 0.0525. The van der Waals surface area contributed by atoms with Gasteiger partial charge in [0.2, 0.25) is 0 Å². The highest BCUT2D eigenvalue weighted by molar-refractivity contribution is 5.92. The van der Waals surface area contributed by atoms with Gasteiger partial charge in [0.1, 0.15) is 11.6 Å². The van der Waals surface area contributed by atoms with Gasteiger partial charge in [0.05, 0.1) is 12.2 Å². The van der Waals surface area contributed by atoms with Crippen molar-refractivity contribution >= 4 is 18.1 Å². The normalized spacial score (nSPS) is 10.4. The third-order valence-electron chi connectivity index (χ3n) is 2.92. The number of rotatable bonds is 4. The highest BCUT2D eigenvalue weighted by Gasteiger charge is 2.16. The van der Waals surface area contributed by atoms with Gasteiger partial charge in [-0.15, -0.1) is 0 Å². The number of benzene rings is 1. The lowest BCUT2D eigenvalue weighted by Crippen LogP contribution is -2.18. The Bertz CT molecular complexity index is 799. The zero-order valence-corrected chi connectivity index (χ0v) is 12.0. The summed E-state index contributed by atoms with van der Waals surface area (Å²) in [6.07, 6.45) is 3.47. The Labute approximate surface area is 127 Å². The van der Waals surface area contributed by atoms with Gasteiger partial charge >= 0.3 is 5.97 Å². The number of nitrogens with one attached hydrogen (secondary N) is 1. The second-order valence-corrected chi connectivity index (χ2v) is 4.42. The van der Waals surface area contributed by atoms with Gasteiger partial charge in [-0.2, -0.15) is 5.26 Å².